The molecule has 0 fully saturated rings. The van der Waals surface area contributed by atoms with Gasteiger partial charge in [0.25, 0.3) is 5.91 Å². The molecular formula is C24H27NO6. The van der Waals surface area contributed by atoms with Crippen LogP contribution in [0.25, 0.3) is 0 Å². The Balaban J connectivity index is 1.60. The summed E-state index contributed by atoms with van der Waals surface area (Å²) in [6.45, 7) is 3.53. The van der Waals surface area contributed by atoms with Crippen molar-refractivity contribution in [3.8, 4) is 5.75 Å². The average molecular weight is 425 g/mol. The number of hydrogen-bond acceptors (Lipinski definition) is 5. The van der Waals surface area contributed by atoms with Crippen LogP contribution in [0.4, 0.5) is 0 Å². The monoisotopic (exact) mass is 425 g/mol. The lowest BCUT2D eigenvalue weighted by atomic mass is 9.94. The summed E-state index contributed by atoms with van der Waals surface area (Å²) in [6, 6.07) is 11.9. The molecule has 0 saturated carbocycles. The highest BCUT2D eigenvalue weighted by atomic mass is 16.5. The van der Waals surface area contributed by atoms with Crippen LogP contribution in [-0.4, -0.2) is 35.6 Å². The molecule has 1 aliphatic rings. The van der Waals surface area contributed by atoms with Gasteiger partial charge in [0, 0.05) is 6.42 Å². The van der Waals surface area contributed by atoms with Crippen LogP contribution in [0.3, 0.4) is 0 Å². The third-order valence-electron chi connectivity index (χ3n) is 5.30. The van der Waals surface area contributed by atoms with Gasteiger partial charge in [0.15, 0.2) is 6.61 Å². The van der Waals surface area contributed by atoms with Crippen LogP contribution in [0.2, 0.25) is 0 Å². The van der Waals surface area contributed by atoms with E-state index in [2.05, 4.69) is 5.32 Å². The number of aliphatic carboxylic acids is 1. The molecule has 2 N–H and O–H groups in total. The molecule has 7 nitrogen and oxygen atoms in total. The number of esters is 1. The van der Waals surface area contributed by atoms with E-state index in [9.17, 15) is 19.5 Å². The summed E-state index contributed by atoms with van der Waals surface area (Å²) < 4.78 is 11.2. The van der Waals surface area contributed by atoms with Gasteiger partial charge in [-0.05, 0) is 48.2 Å². The van der Waals surface area contributed by atoms with Crippen molar-refractivity contribution in [3.63, 3.8) is 0 Å². The standard InChI is InChI=1S/C24H27NO6/c1-3-4-9-19(23(27)28)25-22(26)14-30-20-11-10-17(12-15(20)2)21-13-16-7-5-6-8-18(16)24(29)31-21/h5-8,10-12,19,21H,3-4,9,13-14H2,1-2H3,(H,25,26)(H,27,28)/t19-,21+/m1/s1. The van der Waals surface area contributed by atoms with E-state index in [1.54, 1.807) is 12.1 Å². The van der Waals surface area contributed by atoms with Crippen molar-refractivity contribution in [1.82, 2.24) is 5.32 Å². The van der Waals surface area contributed by atoms with Gasteiger partial charge in [-0.2, -0.15) is 0 Å². The van der Waals surface area contributed by atoms with Gasteiger partial charge in [0.1, 0.15) is 17.9 Å². The van der Waals surface area contributed by atoms with Crippen molar-refractivity contribution in [1.29, 1.82) is 0 Å². The second kappa shape index (κ2) is 10.1. The van der Waals surface area contributed by atoms with Gasteiger partial charge in [0.2, 0.25) is 0 Å². The van der Waals surface area contributed by atoms with Crippen LogP contribution in [0.1, 0.15) is 59.3 Å². The van der Waals surface area contributed by atoms with Crippen molar-refractivity contribution < 1.29 is 29.0 Å². The van der Waals surface area contributed by atoms with Crippen molar-refractivity contribution in [3.05, 3.63) is 64.7 Å². The molecule has 31 heavy (non-hydrogen) atoms. The molecule has 0 aliphatic carbocycles. The maximum Gasteiger partial charge on any atom is 0.339 e. The predicted octanol–water partition coefficient (Wildman–Crippen LogP) is 3.59. The number of benzene rings is 2. The van der Waals surface area contributed by atoms with Crippen LogP contribution < -0.4 is 10.1 Å². The topological polar surface area (TPSA) is 102 Å². The molecule has 0 unspecified atom stereocenters. The smallest absolute Gasteiger partial charge is 0.339 e. The predicted molar refractivity (Wildman–Crippen MR) is 114 cm³/mol. The highest BCUT2D eigenvalue weighted by molar-refractivity contribution is 5.92. The fourth-order valence-corrected chi connectivity index (χ4v) is 3.60. The Kier molecular flexibility index (Phi) is 7.28. The number of cyclic esters (lactones) is 1. The zero-order chi connectivity index (χ0) is 22.4. The van der Waals surface area contributed by atoms with Crippen molar-refractivity contribution in [2.45, 2.75) is 51.7 Å². The quantitative estimate of drug-likeness (QED) is 0.596. The number of rotatable bonds is 9. The molecule has 7 heteroatoms. The molecule has 0 spiro atoms. The summed E-state index contributed by atoms with van der Waals surface area (Å²) in [5, 5.41) is 11.7. The van der Waals surface area contributed by atoms with Crippen molar-refractivity contribution >= 4 is 17.8 Å². The highest BCUT2D eigenvalue weighted by Crippen LogP contribution is 2.32. The molecule has 0 radical (unpaired) electrons. The first-order chi connectivity index (χ1) is 14.9. The fourth-order valence-electron chi connectivity index (χ4n) is 3.60. The minimum absolute atomic E-state index is 0.276. The van der Waals surface area contributed by atoms with Crippen molar-refractivity contribution in [2.75, 3.05) is 6.61 Å². The van der Waals surface area contributed by atoms with Crippen LogP contribution >= 0.6 is 0 Å². The number of carbonyl (C=O) groups excluding carboxylic acids is 2. The lowest BCUT2D eigenvalue weighted by Gasteiger charge is -2.25. The van der Waals surface area contributed by atoms with Gasteiger partial charge in [-0.15, -0.1) is 0 Å². The molecule has 1 aliphatic heterocycles. The number of fused-ring (bicyclic) bond motifs is 1. The maximum atomic E-state index is 12.3. The second-order valence-corrected chi connectivity index (χ2v) is 7.67. The zero-order valence-electron chi connectivity index (χ0n) is 17.7. The van der Waals surface area contributed by atoms with E-state index in [0.717, 1.165) is 29.5 Å². The maximum absolute atomic E-state index is 12.3. The molecule has 164 valence electrons. The van der Waals surface area contributed by atoms with Crippen LogP contribution in [0, 0.1) is 6.92 Å². The summed E-state index contributed by atoms with van der Waals surface area (Å²) in [4.78, 5) is 35.6. The molecule has 1 heterocycles. The minimum Gasteiger partial charge on any atom is -0.484 e. The largest absolute Gasteiger partial charge is 0.484 e. The van der Waals surface area contributed by atoms with E-state index >= 15 is 0 Å². The van der Waals surface area contributed by atoms with Gasteiger partial charge in [-0.25, -0.2) is 9.59 Å². The number of hydrogen-bond donors (Lipinski definition) is 2. The first-order valence-corrected chi connectivity index (χ1v) is 10.4. The molecule has 0 saturated heterocycles. The Morgan fingerprint density at radius 1 is 1.26 bits per heavy atom. The third kappa shape index (κ3) is 5.63. The normalized spacial score (nSPS) is 16.1. The van der Waals surface area contributed by atoms with E-state index in [-0.39, 0.29) is 18.7 Å². The fraction of sp³-hybridized carbons (Fsp3) is 0.375. The van der Waals surface area contributed by atoms with Gasteiger partial charge >= 0.3 is 11.9 Å². The molecule has 2 aromatic carbocycles. The van der Waals surface area contributed by atoms with Gasteiger partial charge in [-0.1, -0.05) is 44.0 Å². The van der Waals surface area contributed by atoms with Crippen LogP contribution in [0.5, 0.6) is 5.75 Å². The number of unbranched alkanes of at least 4 members (excludes halogenated alkanes) is 1. The number of nitrogens with one attached hydrogen (secondary N) is 1. The third-order valence-corrected chi connectivity index (χ3v) is 5.30. The summed E-state index contributed by atoms with van der Waals surface area (Å²) in [6.07, 6.45) is 2.17. The number of amides is 1. The number of carboxylic acids is 1. The Hall–Kier alpha value is -3.35. The lowest BCUT2D eigenvalue weighted by Crippen LogP contribution is -2.42. The van der Waals surface area contributed by atoms with Gasteiger partial charge in [-0.3, -0.25) is 4.79 Å². The SMILES string of the molecule is CCCC[C@@H](NC(=O)COc1ccc([C@@H]2Cc3ccccc3C(=O)O2)cc1C)C(=O)O. The average Bonchev–Trinajstić information content (AvgIpc) is 2.75. The van der Waals surface area contributed by atoms with Crippen molar-refractivity contribution in [2.24, 2.45) is 0 Å². The van der Waals surface area contributed by atoms with Crippen LogP contribution in [0.15, 0.2) is 42.5 Å². The molecule has 3 rings (SSSR count). The van der Waals surface area contributed by atoms with E-state index in [4.69, 9.17) is 9.47 Å². The Morgan fingerprint density at radius 3 is 2.74 bits per heavy atom. The molecule has 0 aromatic heterocycles. The summed E-state index contributed by atoms with van der Waals surface area (Å²) >= 11 is 0. The lowest BCUT2D eigenvalue weighted by molar-refractivity contribution is -0.142. The molecule has 2 aromatic rings. The molecular weight excluding hydrogens is 398 g/mol. The molecule has 0 bridgehead atoms. The summed E-state index contributed by atoms with van der Waals surface area (Å²) in [5.74, 6) is -1.35. The van der Waals surface area contributed by atoms with E-state index in [0.29, 0.717) is 24.2 Å². The Bertz CT molecular complexity index is 970. The van der Waals surface area contributed by atoms with E-state index in [1.807, 2.05) is 44.2 Å². The molecule has 2 atom stereocenters. The second-order valence-electron chi connectivity index (χ2n) is 7.67. The highest BCUT2D eigenvalue weighted by Gasteiger charge is 2.27. The summed E-state index contributed by atoms with van der Waals surface area (Å²) in [7, 11) is 0. The van der Waals surface area contributed by atoms with E-state index < -0.39 is 17.9 Å². The minimum atomic E-state index is -1.05. The first kappa shape index (κ1) is 22.3. The number of carboxylic acid groups (broad SMARTS) is 1. The Labute approximate surface area is 181 Å². The van der Waals surface area contributed by atoms with E-state index in [1.165, 1.54) is 0 Å². The number of aryl methyl sites for hydroxylation is 1. The first-order valence-electron chi connectivity index (χ1n) is 10.4. The summed E-state index contributed by atoms with van der Waals surface area (Å²) in [5.41, 5.74) is 3.19. The zero-order valence-corrected chi connectivity index (χ0v) is 17.7. The number of carbonyl (C=O) groups is 3. The van der Waals surface area contributed by atoms with Gasteiger partial charge in [0.05, 0.1) is 5.56 Å². The Morgan fingerprint density at radius 2 is 2.03 bits per heavy atom. The number of ether oxygens (including phenoxy) is 2. The van der Waals surface area contributed by atoms with Gasteiger partial charge < -0.3 is 19.9 Å². The molecule has 1 amide bonds. The van der Waals surface area contributed by atoms with Crippen LogP contribution in [-0.2, 0) is 20.7 Å².